The summed E-state index contributed by atoms with van der Waals surface area (Å²) in [6.45, 7) is 2.23. The number of ether oxygens (including phenoxy) is 1. The molecule has 1 aliphatic rings. The third-order valence-electron chi connectivity index (χ3n) is 5.44. The maximum atomic E-state index is 12.4. The Morgan fingerprint density at radius 3 is 2.66 bits per heavy atom. The molecule has 0 aliphatic carbocycles. The number of fused-ring (bicyclic) bond motifs is 1. The smallest absolute Gasteiger partial charge is 0.410 e. The maximum absolute atomic E-state index is 12.4. The average Bonchev–Trinajstić information content (AvgIpc) is 3.25. The second-order valence-corrected chi connectivity index (χ2v) is 7.46. The van der Waals surface area contributed by atoms with Gasteiger partial charge in [-0.05, 0) is 48.6 Å². The van der Waals surface area contributed by atoms with Crippen LogP contribution < -0.4 is 5.32 Å². The van der Waals surface area contributed by atoms with E-state index in [2.05, 4.69) is 10.3 Å². The summed E-state index contributed by atoms with van der Waals surface area (Å²) < 4.78 is 5.40. The van der Waals surface area contributed by atoms with Gasteiger partial charge in [-0.25, -0.2) is 4.79 Å². The van der Waals surface area contributed by atoms with Crippen molar-refractivity contribution in [3.05, 3.63) is 71.9 Å². The molecule has 0 atom stereocenters. The summed E-state index contributed by atoms with van der Waals surface area (Å²) in [5.41, 5.74) is 2.67. The molecule has 0 bridgehead atoms. The molecule has 0 saturated carbocycles. The Hall–Kier alpha value is -3.28. The minimum Gasteiger partial charge on any atom is -0.445 e. The highest BCUT2D eigenvalue weighted by Crippen LogP contribution is 2.18. The van der Waals surface area contributed by atoms with E-state index in [0.29, 0.717) is 37.7 Å². The van der Waals surface area contributed by atoms with E-state index >= 15 is 0 Å². The molecule has 2 heterocycles. The first kappa shape index (κ1) is 19.1. The number of hydrogen-bond donors (Lipinski definition) is 2. The fraction of sp³-hybridized carbons (Fsp3) is 0.304. The van der Waals surface area contributed by atoms with E-state index in [1.165, 1.54) is 0 Å². The van der Waals surface area contributed by atoms with Crippen LogP contribution in [0, 0.1) is 5.92 Å². The van der Waals surface area contributed by atoms with Crippen molar-refractivity contribution in [1.82, 2.24) is 15.2 Å². The van der Waals surface area contributed by atoms with Gasteiger partial charge < -0.3 is 19.9 Å². The quantitative estimate of drug-likeness (QED) is 0.692. The van der Waals surface area contributed by atoms with Crippen molar-refractivity contribution in [3.8, 4) is 0 Å². The van der Waals surface area contributed by atoms with E-state index in [1.54, 1.807) is 4.90 Å². The van der Waals surface area contributed by atoms with Crippen LogP contribution in [0.25, 0.3) is 10.9 Å². The highest BCUT2D eigenvalue weighted by molar-refractivity contribution is 5.98. The summed E-state index contributed by atoms with van der Waals surface area (Å²) in [5.74, 6) is 0.311. The van der Waals surface area contributed by atoms with Crippen LogP contribution in [-0.2, 0) is 11.3 Å². The molecule has 29 heavy (non-hydrogen) atoms. The highest BCUT2D eigenvalue weighted by atomic mass is 16.6. The van der Waals surface area contributed by atoms with Gasteiger partial charge in [0.15, 0.2) is 0 Å². The molecule has 1 aromatic heterocycles. The van der Waals surface area contributed by atoms with Crippen LogP contribution in [0.3, 0.4) is 0 Å². The van der Waals surface area contributed by atoms with Gasteiger partial charge >= 0.3 is 6.09 Å². The molecule has 2 amide bonds. The van der Waals surface area contributed by atoms with Crippen LogP contribution in [0.15, 0.2) is 60.8 Å². The number of hydrogen-bond acceptors (Lipinski definition) is 3. The van der Waals surface area contributed by atoms with E-state index in [4.69, 9.17) is 4.74 Å². The molecule has 0 spiro atoms. The van der Waals surface area contributed by atoms with Gasteiger partial charge in [0.2, 0.25) is 0 Å². The number of H-pyrrole nitrogens is 1. The Balaban J connectivity index is 1.20. The number of carbonyl (C=O) groups is 2. The number of likely N-dealkylation sites (tertiary alicyclic amines) is 1. The minimum atomic E-state index is -0.267. The number of nitrogens with zero attached hydrogens (tertiary/aromatic N) is 1. The van der Waals surface area contributed by atoms with Gasteiger partial charge in [0.1, 0.15) is 6.61 Å². The zero-order chi connectivity index (χ0) is 20.1. The van der Waals surface area contributed by atoms with Gasteiger partial charge in [-0.1, -0.05) is 30.3 Å². The van der Waals surface area contributed by atoms with Crippen molar-refractivity contribution in [3.63, 3.8) is 0 Å². The summed E-state index contributed by atoms with van der Waals surface area (Å²) in [6, 6.07) is 17.3. The van der Waals surface area contributed by atoms with Crippen molar-refractivity contribution in [1.29, 1.82) is 0 Å². The number of benzene rings is 2. The van der Waals surface area contributed by atoms with E-state index in [1.807, 2.05) is 60.8 Å². The van der Waals surface area contributed by atoms with Gasteiger partial charge in [0, 0.05) is 42.3 Å². The van der Waals surface area contributed by atoms with Crippen LogP contribution in [0.4, 0.5) is 4.79 Å². The zero-order valence-electron chi connectivity index (χ0n) is 16.3. The monoisotopic (exact) mass is 391 g/mol. The lowest BCUT2D eigenvalue weighted by Gasteiger charge is -2.31. The van der Waals surface area contributed by atoms with Crippen molar-refractivity contribution in [2.45, 2.75) is 19.4 Å². The maximum Gasteiger partial charge on any atom is 0.410 e. The van der Waals surface area contributed by atoms with E-state index in [9.17, 15) is 9.59 Å². The molecule has 2 N–H and O–H groups in total. The number of aromatic amines is 1. The average molecular weight is 391 g/mol. The molecule has 4 rings (SSSR count). The van der Waals surface area contributed by atoms with Gasteiger partial charge in [0.25, 0.3) is 5.91 Å². The van der Waals surface area contributed by atoms with Gasteiger partial charge in [-0.15, -0.1) is 0 Å². The van der Waals surface area contributed by atoms with E-state index in [-0.39, 0.29) is 12.0 Å². The van der Waals surface area contributed by atoms with E-state index < -0.39 is 0 Å². The van der Waals surface area contributed by atoms with Crippen LogP contribution >= 0.6 is 0 Å². The topological polar surface area (TPSA) is 74.4 Å². The summed E-state index contributed by atoms with van der Waals surface area (Å²) in [6.07, 6.45) is 3.32. The summed E-state index contributed by atoms with van der Waals surface area (Å²) in [4.78, 5) is 29.6. The molecule has 6 heteroatoms. The summed E-state index contributed by atoms with van der Waals surface area (Å²) >= 11 is 0. The lowest BCUT2D eigenvalue weighted by atomic mass is 9.97. The fourth-order valence-electron chi connectivity index (χ4n) is 3.66. The molecule has 1 saturated heterocycles. The molecule has 3 aromatic rings. The molecule has 1 aliphatic heterocycles. The molecule has 150 valence electrons. The van der Waals surface area contributed by atoms with E-state index in [0.717, 1.165) is 29.3 Å². The zero-order valence-corrected chi connectivity index (χ0v) is 16.3. The molecule has 0 unspecified atom stereocenters. The van der Waals surface area contributed by atoms with Crippen molar-refractivity contribution >= 4 is 22.9 Å². The van der Waals surface area contributed by atoms with Crippen LogP contribution in [0.2, 0.25) is 0 Å². The number of amides is 2. The molecule has 2 aromatic carbocycles. The number of nitrogens with one attached hydrogen (secondary N) is 2. The second-order valence-electron chi connectivity index (χ2n) is 7.46. The Morgan fingerprint density at radius 2 is 1.86 bits per heavy atom. The van der Waals surface area contributed by atoms with Crippen LogP contribution in [0.1, 0.15) is 28.8 Å². The third-order valence-corrected chi connectivity index (χ3v) is 5.44. The fourth-order valence-corrected chi connectivity index (χ4v) is 3.66. The van der Waals surface area contributed by atoms with Crippen molar-refractivity contribution in [2.75, 3.05) is 19.6 Å². The summed E-state index contributed by atoms with van der Waals surface area (Å²) in [7, 11) is 0. The predicted molar refractivity (Wildman–Crippen MR) is 112 cm³/mol. The standard InChI is InChI=1S/C23H25N3O3/c27-22(20-6-7-21-19(14-20)8-11-24-21)25-15-17-9-12-26(13-10-17)23(28)29-16-18-4-2-1-3-5-18/h1-8,11,14,17,24H,9-10,12-13,15-16H2,(H,25,27). The van der Waals surface area contributed by atoms with Gasteiger partial charge in [-0.3, -0.25) is 4.79 Å². The van der Waals surface area contributed by atoms with Gasteiger partial charge in [0.05, 0.1) is 0 Å². The third kappa shape index (κ3) is 4.77. The minimum absolute atomic E-state index is 0.0576. The largest absolute Gasteiger partial charge is 0.445 e. The first-order valence-electron chi connectivity index (χ1n) is 10.00. The first-order chi connectivity index (χ1) is 14.2. The van der Waals surface area contributed by atoms with Crippen LogP contribution in [0.5, 0.6) is 0 Å². The molecule has 0 radical (unpaired) electrons. The van der Waals surface area contributed by atoms with Crippen molar-refractivity contribution in [2.24, 2.45) is 5.92 Å². The number of carbonyl (C=O) groups excluding carboxylic acids is 2. The number of piperidine rings is 1. The Morgan fingerprint density at radius 1 is 1.07 bits per heavy atom. The molecular weight excluding hydrogens is 366 g/mol. The second kappa shape index (κ2) is 8.82. The highest BCUT2D eigenvalue weighted by Gasteiger charge is 2.24. The SMILES string of the molecule is O=C(NCC1CCN(C(=O)OCc2ccccc2)CC1)c1ccc2[nH]ccc2c1. The summed E-state index contributed by atoms with van der Waals surface area (Å²) in [5, 5.41) is 4.06. The lowest BCUT2D eigenvalue weighted by molar-refractivity contribution is 0.0801. The molecule has 1 fully saturated rings. The number of aromatic nitrogens is 1. The normalized spacial score (nSPS) is 14.7. The predicted octanol–water partition coefficient (Wildman–Crippen LogP) is 3.95. The van der Waals surface area contributed by atoms with Crippen LogP contribution in [-0.4, -0.2) is 41.5 Å². The lowest BCUT2D eigenvalue weighted by Crippen LogP contribution is -2.41. The molecule has 6 nitrogen and oxygen atoms in total. The molecular formula is C23H25N3O3. The van der Waals surface area contributed by atoms with Crippen molar-refractivity contribution < 1.29 is 14.3 Å². The first-order valence-corrected chi connectivity index (χ1v) is 10.00. The Kier molecular flexibility index (Phi) is 5.79. The van der Waals surface area contributed by atoms with Gasteiger partial charge in [-0.2, -0.15) is 0 Å². The Bertz CT molecular complexity index is 975. The number of rotatable bonds is 5. The Labute approximate surface area is 169 Å².